The molecule has 0 fully saturated rings. The maximum atomic E-state index is 13.1. The Morgan fingerprint density at radius 1 is 1.21 bits per heavy atom. The number of aliphatic hydroxyl groups excluding tert-OH is 1. The minimum absolute atomic E-state index is 0.0112. The minimum atomic E-state index is -4.42. The maximum absolute atomic E-state index is 13.1. The zero-order valence-electron chi connectivity index (χ0n) is 22.1. The molecular formula is C27H34F3N2O4PS. The number of hydrogen-bond acceptors (Lipinski definition) is 5. The van der Waals surface area contributed by atoms with Crippen molar-refractivity contribution in [3.63, 3.8) is 0 Å². The third-order valence-corrected chi connectivity index (χ3v) is 7.18. The van der Waals surface area contributed by atoms with Crippen LogP contribution in [-0.2, 0) is 34.7 Å². The van der Waals surface area contributed by atoms with Crippen LogP contribution in [0.2, 0.25) is 0 Å². The van der Waals surface area contributed by atoms with Crippen LogP contribution in [0.5, 0.6) is 11.5 Å². The maximum Gasteiger partial charge on any atom is 0.417 e. The highest BCUT2D eigenvalue weighted by Crippen LogP contribution is 2.32. The molecule has 0 saturated heterocycles. The molecule has 6 nitrogen and oxygen atoms in total. The molecule has 1 amide bonds. The van der Waals surface area contributed by atoms with E-state index in [2.05, 4.69) is 14.2 Å². The second kappa shape index (κ2) is 14.0. The van der Waals surface area contributed by atoms with Crippen LogP contribution in [0.15, 0.2) is 53.2 Å². The normalized spacial score (nSPS) is 15.0. The van der Waals surface area contributed by atoms with Gasteiger partial charge in [-0.1, -0.05) is 26.0 Å². The number of ether oxygens (including phenoxy) is 1. The zero-order chi connectivity index (χ0) is 28.6. The Morgan fingerprint density at radius 3 is 2.34 bits per heavy atom. The van der Waals surface area contributed by atoms with Crippen molar-refractivity contribution in [1.82, 2.24) is 4.90 Å². The molecular weight excluding hydrogens is 536 g/mol. The Bertz CT molecular complexity index is 1230. The summed E-state index contributed by atoms with van der Waals surface area (Å²) in [5.74, 6) is 0.551. The first-order valence-corrected chi connectivity index (χ1v) is 14.2. The summed E-state index contributed by atoms with van der Waals surface area (Å²) >= 11 is 0. The Kier molecular flexibility index (Phi) is 11.7. The highest BCUT2D eigenvalue weighted by atomic mass is 32.2. The number of aliphatic imine (C=N–C) groups is 1. The molecule has 11 heteroatoms. The van der Waals surface area contributed by atoms with Gasteiger partial charge in [0.1, 0.15) is 22.2 Å². The molecule has 0 aliphatic carbocycles. The Balaban J connectivity index is 0.00000161. The molecule has 2 aromatic rings. The van der Waals surface area contributed by atoms with Crippen LogP contribution >= 0.6 is 9.24 Å². The summed E-state index contributed by atoms with van der Waals surface area (Å²) in [5.41, 5.74) is 1.51. The van der Waals surface area contributed by atoms with E-state index in [9.17, 15) is 22.2 Å². The van der Waals surface area contributed by atoms with E-state index in [1.165, 1.54) is 12.1 Å². The minimum Gasteiger partial charge on any atom is -0.457 e. The first-order chi connectivity index (χ1) is 17.8. The molecule has 1 N–H and O–H groups in total. The van der Waals surface area contributed by atoms with E-state index in [1.807, 2.05) is 26.0 Å². The van der Waals surface area contributed by atoms with Gasteiger partial charge in [-0.3, -0.25) is 9.00 Å². The fourth-order valence-corrected chi connectivity index (χ4v) is 5.12. The highest BCUT2D eigenvalue weighted by Gasteiger charge is 2.32. The van der Waals surface area contributed by atoms with Crippen molar-refractivity contribution in [3.8, 4) is 11.5 Å². The van der Waals surface area contributed by atoms with Crippen molar-refractivity contribution in [1.29, 1.82) is 0 Å². The van der Waals surface area contributed by atoms with Gasteiger partial charge in [0.15, 0.2) is 0 Å². The first kappa shape index (κ1) is 31.7. The second-order valence-electron chi connectivity index (χ2n) is 8.81. The van der Waals surface area contributed by atoms with Gasteiger partial charge in [0.2, 0.25) is 0 Å². The number of hydrogen-bond donors (Lipinski definition) is 1. The van der Waals surface area contributed by atoms with Gasteiger partial charge in [-0.05, 0) is 67.0 Å². The van der Waals surface area contributed by atoms with Gasteiger partial charge in [0, 0.05) is 31.9 Å². The number of nitrogens with zero attached hydrogens (tertiary/aromatic N) is 2. The lowest BCUT2D eigenvalue weighted by Gasteiger charge is -2.29. The molecule has 0 spiro atoms. The zero-order valence-corrected chi connectivity index (χ0v) is 24.1. The molecule has 2 aromatic carbocycles. The van der Waals surface area contributed by atoms with Crippen LogP contribution in [0.25, 0.3) is 0 Å². The summed E-state index contributed by atoms with van der Waals surface area (Å²) in [4.78, 5) is 19.2. The number of alkyl halides is 3. The highest BCUT2D eigenvalue weighted by molar-refractivity contribution is 8.00. The van der Waals surface area contributed by atoms with E-state index < -0.39 is 22.5 Å². The summed E-state index contributed by atoms with van der Waals surface area (Å²) in [6.45, 7) is 8.31. The molecule has 3 rings (SSSR count). The molecule has 2 atom stereocenters. The third-order valence-electron chi connectivity index (χ3n) is 5.55. The van der Waals surface area contributed by atoms with Crippen molar-refractivity contribution in [3.05, 3.63) is 64.9 Å². The monoisotopic (exact) mass is 570 g/mol. The molecule has 0 saturated carbocycles. The number of carbonyl (C=O) groups excluding carboxylic acids is 1. The van der Waals surface area contributed by atoms with Crippen LogP contribution < -0.4 is 10.0 Å². The van der Waals surface area contributed by atoms with Gasteiger partial charge in [-0.25, -0.2) is 4.99 Å². The van der Waals surface area contributed by atoms with Gasteiger partial charge >= 0.3 is 6.18 Å². The quantitative estimate of drug-likeness (QED) is 0.232. The number of carbonyl (C=O) groups is 1. The van der Waals surface area contributed by atoms with E-state index in [0.29, 0.717) is 36.1 Å². The number of halogens is 3. The Morgan fingerprint density at radius 2 is 1.82 bits per heavy atom. The molecule has 1 aliphatic rings. The number of rotatable bonds is 5. The first-order valence-electron chi connectivity index (χ1n) is 12.1. The lowest BCUT2D eigenvalue weighted by atomic mass is 9.99. The van der Waals surface area contributed by atoms with Gasteiger partial charge in [0.25, 0.3) is 5.91 Å². The lowest BCUT2D eigenvalue weighted by Crippen LogP contribution is -2.36. The summed E-state index contributed by atoms with van der Waals surface area (Å²) in [6.07, 6.45) is -0.642. The Labute approximate surface area is 226 Å². The van der Waals surface area contributed by atoms with Gasteiger partial charge < -0.3 is 14.7 Å². The fourth-order valence-electron chi connectivity index (χ4n) is 3.81. The summed E-state index contributed by atoms with van der Waals surface area (Å²) in [5, 5.41) is 8.06. The molecule has 0 radical (unpaired) electrons. The number of benzene rings is 2. The largest absolute Gasteiger partial charge is 0.457 e. The van der Waals surface area contributed by atoms with E-state index >= 15 is 0 Å². The Hall–Kier alpha value is -2.55. The number of fused-ring (bicyclic) bond motifs is 1. The molecule has 1 heterocycles. The standard InChI is InChI=1S/C25H28F3N2O3PS.C2H6O/c1-5-21(29-23(15(2)3)35(4)32)24(31)30-11-10-16-12-18(7-6-17(16)14-30)33-19-8-9-20(22(34)13-19)25(26,27)28;1-2-3/h5-9,12-13,15H,10-11,14,34H2,1-4H3;3H,2H2,1H3/b21-5-,29-23?;. The summed E-state index contributed by atoms with van der Waals surface area (Å²) in [6, 6.07) is 9.07. The van der Waals surface area contributed by atoms with Crippen LogP contribution in [0, 0.1) is 5.92 Å². The van der Waals surface area contributed by atoms with E-state index in [-0.39, 0.29) is 29.4 Å². The smallest absolute Gasteiger partial charge is 0.417 e. The van der Waals surface area contributed by atoms with E-state index in [4.69, 9.17) is 9.84 Å². The number of amides is 1. The van der Waals surface area contributed by atoms with Crippen molar-refractivity contribution < 1.29 is 32.0 Å². The molecule has 0 aromatic heterocycles. The molecule has 208 valence electrons. The van der Waals surface area contributed by atoms with Crippen molar-refractivity contribution in [2.75, 3.05) is 19.4 Å². The average Bonchev–Trinajstić information content (AvgIpc) is 2.83. The lowest BCUT2D eigenvalue weighted by molar-refractivity contribution is -0.136. The topological polar surface area (TPSA) is 79.2 Å². The SMILES string of the molecule is C/C=C(\N=C(C(C)C)S(C)=O)C(=O)N1CCc2cc(Oc3ccc(C(F)(F)F)c(P)c3)ccc2C1.CCO. The predicted octanol–water partition coefficient (Wildman–Crippen LogP) is 5.22. The molecule has 38 heavy (non-hydrogen) atoms. The molecule has 1 aliphatic heterocycles. The fraction of sp³-hybridized carbons (Fsp3) is 0.407. The third kappa shape index (κ3) is 8.48. The predicted molar refractivity (Wildman–Crippen MR) is 149 cm³/mol. The number of aliphatic hydroxyl groups is 1. The summed E-state index contributed by atoms with van der Waals surface area (Å²) in [7, 11) is 0.820. The molecule has 2 unspecified atom stereocenters. The van der Waals surface area contributed by atoms with Crippen LogP contribution in [0.1, 0.15) is 44.4 Å². The van der Waals surface area contributed by atoms with Crippen LogP contribution in [0.3, 0.4) is 0 Å². The van der Waals surface area contributed by atoms with Crippen molar-refractivity contribution in [2.45, 2.75) is 46.8 Å². The molecule has 0 bridgehead atoms. The van der Waals surface area contributed by atoms with Gasteiger partial charge in [-0.15, -0.1) is 9.24 Å². The van der Waals surface area contributed by atoms with Gasteiger partial charge in [0.05, 0.1) is 16.4 Å². The second-order valence-corrected chi connectivity index (χ2v) is 10.8. The van der Waals surface area contributed by atoms with Crippen LogP contribution in [0.4, 0.5) is 13.2 Å². The van der Waals surface area contributed by atoms with E-state index in [0.717, 1.165) is 17.2 Å². The average molecular weight is 571 g/mol. The number of allylic oxidation sites excluding steroid dienone is 1. The van der Waals surface area contributed by atoms with E-state index in [1.54, 1.807) is 37.1 Å². The van der Waals surface area contributed by atoms with Crippen LogP contribution in [-0.4, -0.2) is 44.6 Å². The van der Waals surface area contributed by atoms with Crippen molar-refractivity contribution in [2.24, 2.45) is 10.9 Å². The van der Waals surface area contributed by atoms with Gasteiger partial charge in [-0.2, -0.15) is 13.2 Å². The summed E-state index contributed by atoms with van der Waals surface area (Å²) < 4.78 is 56.8. The van der Waals surface area contributed by atoms with Crippen molar-refractivity contribution >= 4 is 36.3 Å².